The van der Waals surface area contributed by atoms with Gasteiger partial charge in [-0.2, -0.15) is 12.6 Å². The molecule has 0 aromatic carbocycles. The summed E-state index contributed by atoms with van der Waals surface area (Å²) >= 11 is 4.30. The Hall–Kier alpha value is -0.220. The second-order valence-corrected chi connectivity index (χ2v) is 6.07. The number of rotatable bonds is 5. The van der Waals surface area contributed by atoms with Gasteiger partial charge in [0.25, 0.3) is 0 Å². The Kier molecular flexibility index (Phi) is 4.36. The molecule has 1 amide bonds. The Morgan fingerprint density at radius 2 is 2.06 bits per heavy atom. The van der Waals surface area contributed by atoms with Crippen LogP contribution in [-0.4, -0.2) is 29.4 Å². The molecule has 3 nitrogen and oxygen atoms in total. The van der Waals surface area contributed by atoms with Crippen LogP contribution in [0.4, 0.5) is 0 Å². The first-order valence-electron chi connectivity index (χ1n) is 6.71. The fourth-order valence-electron chi connectivity index (χ4n) is 2.64. The van der Waals surface area contributed by atoms with Crippen molar-refractivity contribution in [3.63, 3.8) is 0 Å². The van der Waals surface area contributed by atoms with Crippen molar-refractivity contribution in [2.45, 2.75) is 51.0 Å². The molecule has 2 unspecified atom stereocenters. The van der Waals surface area contributed by atoms with E-state index < -0.39 is 0 Å². The first kappa shape index (κ1) is 13.2. The standard InChI is InChI=1S/C13H23NO2S/c15-11-4-2-1-3-10(11)8-14-12(16)7-13(9-17)5-6-13/h10-11,15,17H,1-9H2,(H,14,16). The Morgan fingerprint density at radius 1 is 1.35 bits per heavy atom. The number of aliphatic hydroxyl groups excluding tert-OH is 1. The van der Waals surface area contributed by atoms with Crippen LogP contribution in [0.25, 0.3) is 0 Å². The number of amides is 1. The number of hydrogen-bond acceptors (Lipinski definition) is 3. The van der Waals surface area contributed by atoms with E-state index in [0.29, 0.717) is 13.0 Å². The van der Waals surface area contributed by atoms with Crippen molar-refractivity contribution in [3.05, 3.63) is 0 Å². The third kappa shape index (κ3) is 3.62. The van der Waals surface area contributed by atoms with Gasteiger partial charge in [-0.3, -0.25) is 4.79 Å². The fraction of sp³-hybridized carbons (Fsp3) is 0.923. The number of aliphatic hydroxyl groups is 1. The zero-order valence-corrected chi connectivity index (χ0v) is 11.2. The predicted octanol–water partition coefficient (Wildman–Crippen LogP) is 1.75. The molecule has 0 aromatic rings. The summed E-state index contributed by atoms with van der Waals surface area (Å²) in [5.74, 6) is 1.21. The second kappa shape index (κ2) is 5.61. The van der Waals surface area contributed by atoms with Crippen LogP contribution in [0.5, 0.6) is 0 Å². The normalized spacial score (nSPS) is 30.9. The van der Waals surface area contributed by atoms with Crippen LogP contribution in [0.2, 0.25) is 0 Å². The SMILES string of the molecule is O=C(CC1(CS)CC1)NCC1CCCCC1O. The summed E-state index contributed by atoms with van der Waals surface area (Å²) in [6.45, 7) is 0.642. The van der Waals surface area contributed by atoms with Crippen LogP contribution in [0.3, 0.4) is 0 Å². The van der Waals surface area contributed by atoms with Crippen molar-refractivity contribution in [2.75, 3.05) is 12.3 Å². The van der Waals surface area contributed by atoms with Crippen molar-refractivity contribution in [1.29, 1.82) is 0 Å². The van der Waals surface area contributed by atoms with Gasteiger partial charge in [0.2, 0.25) is 5.91 Å². The molecular formula is C13H23NO2S. The van der Waals surface area contributed by atoms with Crippen molar-refractivity contribution in [1.82, 2.24) is 5.32 Å². The topological polar surface area (TPSA) is 49.3 Å². The quantitative estimate of drug-likeness (QED) is 0.657. The monoisotopic (exact) mass is 257 g/mol. The maximum Gasteiger partial charge on any atom is 0.220 e. The molecule has 2 fully saturated rings. The molecule has 0 radical (unpaired) electrons. The lowest BCUT2D eigenvalue weighted by Crippen LogP contribution is -2.37. The lowest BCUT2D eigenvalue weighted by Gasteiger charge is -2.27. The van der Waals surface area contributed by atoms with E-state index in [1.54, 1.807) is 0 Å². The Morgan fingerprint density at radius 3 is 2.65 bits per heavy atom. The summed E-state index contributed by atoms with van der Waals surface area (Å²) in [7, 11) is 0. The van der Waals surface area contributed by atoms with Crippen LogP contribution in [-0.2, 0) is 4.79 Å². The second-order valence-electron chi connectivity index (χ2n) is 5.75. The summed E-state index contributed by atoms with van der Waals surface area (Å²) < 4.78 is 0. The summed E-state index contributed by atoms with van der Waals surface area (Å²) in [6.07, 6.45) is 6.89. The average molecular weight is 257 g/mol. The van der Waals surface area contributed by atoms with E-state index in [0.717, 1.165) is 37.9 Å². The number of carbonyl (C=O) groups excluding carboxylic acids is 1. The molecule has 2 aliphatic rings. The van der Waals surface area contributed by atoms with Gasteiger partial charge in [0, 0.05) is 18.9 Å². The fourth-order valence-corrected chi connectivity index (χ4v) is 3.07. The first-order valence-corrected chi connectivity index (χ1v) is 7.34. The summed E-state index contributed by atoms with van der Waals surface area (Å²) in [5.41, 5.74) is 0.193. The molecule has 0 saturated heterocycles. The van der Waals surface area contributed by atoms with Gasteiger partial charge in [0.1, 0.15) is 0 Å². The van der Waals surface area contributed by atoms with E-state index in [9.17, 15) is 9.90 Å². The highest BCUT2D eigenvalue weighted by Crippen LogP contribution is 2.49. The molecule has 0 bridgehead atoms. The first-order chi connectivity index (χ1) is 8.15. The highest BCUT2D eigenvalue weighted by atomic mass is 32.1. The van der Waals surface area contributed by atoms with E-state index in [1.807, 2.05) is 0 Å². The van der Waals surface area contributed by atoms with Gasteiger partial charge >= 0.3 is 0 Å². The third-order valence-electron chi connectivity index (χ3n) is 4.26. The predicted molar refractivity (Wildman–Crippen MR) is 71.1 cm³/mol. The van der Waals surface area contributed by atoms with Gasteiger partial charge in [-0.25, -0.2) is 0 Å². The van der Waals surface area contributed by atoms with Crippen LogP contribution in [0.15, 0.2) is 0 Å². The molecule has 2 aliphatic carbocycles. The van der Waals surface area contributed by atoms with Crippen molar-refractivity contribution < 1.29 is 9.90 Å². The van der Waals surface area contributed by atoms with E-state index in [2.05, 4.69) is 17.9 Å². The van der Waals surface area contributed by atoms with Gasteiger partial charge < -0.3 is 10.4 Å². The molecule has 0 spiro atoms. The lowest BCUT2D eigenvalue weighted by atomic mass is 9.86. The molecule has 2 saturated carbocycles. The molecule has 0 heterocycles. The number of nitrogens with one attached hydrogen (secondary N) is 1. The van der Waals surface area contributed by atoms with Crippen molar-refractivity contribution >= 4 is 18.5 Å². The Balaban J connectivity index is 1.68. The minimum absolute atomic E-state index is 0.134. The maximum absolute atomic E-state index is 11.8. The van der Waals surface area contributed by atoms with Crippen molar-refractivity contribution in [3.8, 4) is 0 Å². The highest BCUT2D eigenvalue weighted by Gasteiger charge is 2.42. The van der Waals surface area contributed by atoms with Gasteiger partial charge in [0.15, 0.2) is 0 Å². The van der Waals surface area contributed by atoms with Crippen molar-refractivity contribution in [2.24, 2.45) is 11.3 Å². The molecule has 2 atom stereocenters. The van der Waals surface area contributed by atoms with E-state index in [4.69, 9.17) is 0 Å². The van der Waals surface area contributed by atoms with Gasteiger partial charge in [-0.1, -0.05) is 12.8 Å². The van der Waals surface area contributed by atoms with Crippen LogP contribution >= 0.6 is 12.6 Å². The van der Waals surface area contributed by atoms with Gasteiger partial charge in [0.05, 0.1) is 6.10 Å². The zero-order chi connectivity index (χ0) is 12.3. The van der Waals surface area contributed by atoms with E-state index >= 15 is 0 Å². The van der Waals surface area contributed by atoms with Gasteiger partial charge in [-0.15, -0.1) is 0 Å². The smallest absolute Gasteiger partial charge is 0.220 e. The number of carbonyl (C=O) groups is 1. The molecule has 17 heavy (non-hydrogen) atoms. The summed E-state index contributed by atoms with van der Waals surface area (Å²) in [4.78, 5) is 11.8. The summed E-state index contributed by atoms with van der Waals surface area (Å²) in [6, 6.07) is 0. The minimum atomic E-state index is -0.219. The third-order valence-corrected chi connectivity index (χ3v) is 4.93. The average Bonchev–Trinajstić information content (AvgIpc) is 3.08. The molecule has 98 valence electrons. The molecular weight excluding hydrogens is 234 g/mol. The molecule has 2 N–H and O–H groups in total. The Bertz CT molecular complexity index is 279. The molecule has 0 aliphatic heterocycles. The molecule has 4 heteroatoms. The van der Waals surface area contributed by atoms with E-state index in [-0.39, 0.29) is 23.3 Å². The van der Waals surface area contributed by atoms with E-state index in [1.165, 1.54) is 6.42 Å². The van der Waals surface area contributed by atoms with Crippen LogP contribution in [0.1, 0.15) is 44.9 Å². The molecule has 2 rings (SSSR count). The van der Waals surface area contributed by atoms with Gasteiger partial charge in [-0.05, 0) is 36.9 Å². The zero-order valence-electron chi connectivity index (χ0n) is 10.3. The summed E-state index contributed by atoms with van der Waals surface area (Å²) in [5, 5.41) is 12.8. The van der Waals surface area contributed by atoms with Crippen LogP contribution in [0, 0.1) is 11.3 Å². The Labute approximate surface area is 109 Å². The lowest BCUT2D eigenvalue weighted by molar-refractivity contribution is -0.122. The van der Waals surface area contributed by atoms with Crippen LogP contribution < -0.4 is 5.32 Å². The largest absolute Gasteiger partial charge is 0.393 e. The minimum Gasteiger partial charge on any atom is -0.393 e. The molecule has 0 aromatic heterocycles. The number of hydrogen-bond donors (Lipinski definition) is 3. The maximum atomic E-state index is 11.8. The number of thiol groups is 1. The highest BCUT2D eigenvalue weighted by molar-refractivity contribution is 7.80.